The largest absolute Gasteiger partial charge is 0.466 e. The van der Waals surface area contributed by atoms with Gasteiger partial charge >= 0.3 is 5.97 Å². The molecule has 23 heavy (non-hydrogen) atoms. The molecule has 1 aromatic heterocycles. The van der Waals surface area contributed by atoms with Gasteiger partial charge in [-0.1, -0.05) is 18.2 Å². The lowest BCUT2D eigenvalue weighted by atomic mass is 10.3. The zero-order valence-electron chi connectivity index (χ0n) is 12.6. The molecule has 6 nitrogen and oxygen atoms in total. The fourth-order valence-electron chi connectivity index (χ4n) is 1.76. The maximum absolute atomic E-state index is 11.9. The highest BCUT2D eigenvalue weighted by molar-refractivity contribution is 9.10. The van der Waals surface area contributed by atoms with Crippen molar-refractivity contribution in [2.45, 2.75) is 19.4 Å². The van der Waals surface area contributed by atoms with Crippen LogP contribution in [-0.4, -0.2) is 18.8 Å². The van der Waals surface area contributed by atoms with Gasteiger partial charge < -0.3 is 20.2 Å². The number of nitrogens with one attached hydrogen (secondary N) is 1. The monoisotopic (exact) mass is 401 g/mol. The molecular weight excluding hydrogens is 386 g/mol. The lowest BCUT2D eigenvalue weighted by molar-refractivity contribution is -0.132. The molecule has 2 rings (SSSR count). The number of hydrogen-bond donors (Lipinski definition) is 2. The summed E-state index contributed by atoms with van der Waals surface area (Å²) < 4.78 is 10.8. The minimum atomic E-state index is -0.666. The molecule has 1 aliphatic rings. The van der Waals surface area contributed by atoms with Crippen molar-refractivity contribution in [3.63, 3.8) is 0 Å². The van der Waals surface area contributed by atoms with Crippen molar-refractivity contribution in [3.8, 4) is 0 Å². The molecule has 0 bridgehead atoms. The van der Waals surface area contributed by atoms with Crippen LogP contribution in [0.1, 0.15) is 18.6 Å². The Morgan fingerprint density at radius 3 is 2.87 bits per heavy atom. The van der Waals surface area contributed by atoms with E-state index in [4.69, 9.17) is 26.5 Å². The standard InChI is InChI=1S/C15H17BrClN3O3/c1-8(9-3-4-9)20-13(15(21)22-2)12(17)14(18)19-7-11-10(16)5-6-23-11/h5-6,9,19H,1,3-4,7,18H2,2H3/b14-12-,20-13+. The Morgan fingerprint density at radius 1 is 1.65 bits per heavy atom. The van der Waals surface area contributed by atoms with Gasteiger partial charge in [-0.15, -0.1) is 0 Å². The molecule has 0 saturated heterocycles. The number of nitrogens with two attached hydrogens (primary N) is 1. The molecule has 3 N–H and O–H groups in total. The quantitative estimate of drug-likeness (QED) is 0.540. The highest BCUT2D eigenvalue weighted by Gasteiger charge is 2.27. The van der Waals surface area contributed by atoms with E-state index in [2.05, 4.69) is 32.8 Å². The number of methoxy groups -OCH3 is 1. The number of furan rings is 1. The van der Waals surface area contributed by atoms with Crippen molar-refractivity contribution in [3.05, 3.63) is 45.7 Å². The van der Waals surface area contributed by atoms with Crippen LogP contribution in [0.3, 0.4) is 0 Å². The van der Waals surface area contributed by atoms with E-state index in [1.165, 1.54) is 7.11 Å². The third kappa shape index (κ3) is 4.62. The molecule has 1 heterocycles. The molecule has 0 spiro atoms. The van der Waals surface area contributed by atoms with Crippen LogP contribution in [0, 0.1) is 5.92 Å². The molecule has 0 aliphatic heterocycles. The van der Waals surface area contributed by atoms with Gasteiger partial charge in [-0.05, 0) is 34.8 Å². The maximum atomic E-state index is 11.9. The molecule has 8 heteroatoms. The summed E-state index contributed by atoms with van der Waals surface area (Å²) in [5.41, 5.74) is 6.45. The highest BCUT2D eigenvalue weighted by Crippen LogP contribution is 2.36. The van der Waals surface area contributed by atoms with Gasteiger partial charge in [0.1, 0.15) is 16.6 Å². The number of rotatable bonds is 7. The zero-order chi connectivity index (χ0) is 17.0. The van der Waals surface area contributed by atoms with E-state index in [0.29, 0.717) is 23.9 Å². The average Bonchev–Trinajstić information content (AvgIpc) is 3.32. The van der Waals surface area contributed by atoms with E-state index in [1.54, 1.807) is 12.3 Å². The number of carbonyl (C=O) groups is 1. The Labute approximate surface area is 147 Å². The topological polar surface area (TPSA) is 89.8 Å². The fourth-order valence-corrected chi connectivity index (χ4v) is 2.29. The average molecular weight is 403 g/mol. The maximum Gasteiger partial charge on any atom is 0.358 e. The third-order valence-corrected chi connectivity index (χ3v) is 4.35. The van der Waals surface area contributed by atoms with Gasteiger partial charge in [0.15, 0.2) is 5.71 Å². The lowest BCUT2D eigenvalue weighted by Crippen LogP contribution is -2.26. The van der Waals surface area contributed by atoms with Crippen LogP contribution in [0.5, 0.6) is 0 Å². The van der Waals surface area contributed by atoms with Crippen molar-refractivity contribution in [1.29, 1.82) is 0 Å². The number of carbonyl (C=O) groups excluding carboxylic acids is 1. The second-order valence-corrected chi connectivity index (χ2v) is 6.22. The van der Waals surface area contributed by atoms with Gasteiger partial charge in [0.05, 0.1) is 24.4 Å². The van der Waals surface area contributed by atoms with E-state index >= 15 is 0 Å². The molecule has 0 unspecified atom stereocenters. The second kappa shape index (κ2) is 7.70. The van der Waals surface area contributed by atoms with Gasteiger partial charge in [-0.25, -0.2) is 9.79 Å². The third-order valence-electron chi connectivity index (χ3n) is 3.26. The Bertz CT molecular complexity index is 677. The minimum Gasteiger partial charge on any atom is -0.466 e. The van der Waals surface area contributed by atoms with Gasteiger partial charge in [0, 0.05) is 11.6 Å². The van der Waals surface area contributed by atoms with Crippen LogP contribution in [-0.2, 0) is 16.1 Å². The van der Waals surface area contributed by atoms with Crippen LogP contribution < -0.4 is 11.1 Å². The first-order valence-electron chi connectivity index (χ1n) is 6.91. The van der Waals surface area contributed by atoms with E-state index in [-0.39, 0.29) is 16.6 Å². The van der Waals surface area contributed by atoms with Crippen molar-refractivity contribution in [1.82, 2.24) is 5.32 Å². The van der Waals surface area contributed by atoms with Crippen LogP contribution in [0.2, 0.25) is 0 Å². The number of ether oxygens (including phenoxy) is 1. The lowest BCUT2D eigenvalue weighted by Gasteiger charge is -2.10. The predicted octanol–water partition coefficient (Wildman–Crippen LogP) is 3.04. The van der Waals surface area contributed by atoms with Gasteiger partial charge in [0.2, 0.25) is 0 Å². The van der Waals surface area contributed by atoms with E-state index in [9.17, 15) is 4.79 Å². The van der Waals surface area contributed by atoms with Crippen molar-refractivity contribution < 1.29 is 13.9 Å². The van der Waals surface area contributed by atoms with Gasteiger partial charge in [-0.2, -0.15) is 0 Å². The summed E-state index contributed by atoms with van der Waals surface area (Å²) in [7, 11) is 1.26. The molecule has 0 atom stereocenters. The number of aliphatic imine (C=N–C) groups is 1. The summed E-state index contributed by atoms with van der Waals surface area (Å²) in [6.07, 6.45) is 3.57. The summed E-state index contributed by atoms with van der Waals surface area (Å²) in [4.78, 5) is 16.1. The first-order valence-corrected chi connectivity index (χ1v) is 8.08. The molecule has 0 aromatic carbocycles. The predicted molar refractivity (Wildman–Crippen MR) is 91.6 cm³/mol. The van der Waals surface area contributed by atoms with E-state index < -0.39 is 5.97 Å². The summed E-state index contributed by atoms with van der Waals surface area (Å²) in [5, 5.41) is 2.87. The Hall–Kier alpha value is -1.73. The van der Waals surface area contributed by atoms with Gasteiger partial charge in [-0.3, -0.25) is 0 Å². The SMILES string of the molecule is C=C(/N=C(C(=O)OC)\C(Cl)=C(/N)NCc1occc1Br)C1CC1. The Kier molecular flexibility index (Phi) is 5.90. The first kappa shape index (κ1) is 17.6. The Morgan fingerprint density at radius 2 is 2.35 bits per heavy atom. The van der Waals surface area contributed by atoms with Crippen LogP contribution in [0.25, 0.3) is 0 Å². The molecule has 124 valence electrons. The number of nitrogens with zero attached hydrogens (tertiary/aromatic N) is 1. The van der Waals surface area contributed by atoms with Crippen LogP contribution in [0.15, 0.2) is 49.3 Å². The molecule has 0 radical (unpaired) electrons. The minimum absolute atomic E-state index is 0.0127. The highest BCUT2D eigenvalue weighted by atomic mass is 79.9. The second-order valence-electron chi connectivity index (χ2n) is 4.99. The Balaban J connectivity index is 2.16. The smallest absolute Gasteiger partial charge is 0.358 e. The molecule has 0 amide bonds. The molecule has 1 fully saturated rings. The molecular formula is C15H17BrClN3O3. The number of esters is 1. The normalized spacial score (nSPS) is 15.9. The first-order chi connectivity index (χ1) is 10.9. The van der Waals surface area contributed by atoms with Crippen LogP contribution >= 0.6 is 27.5 Å². The van der Waals surface area contributed by atoms with Crippen LogP contribution in [0.4, 0.5) is 0 Å². The zero-order valence-corrected chi connectivity index (χ0v) is 14.9. The summed E-state index contributed by atoms with van der Waals surface area (Å²) in [6, 6.07) is 1.76. The number of allylic oxidation sites excluding steroid dienone is 1. The molecule has 1 saturated carbocycles. The molecule has 1 aromatic rings. The van der Waals surface area contributed by atoms with Gasteiger partial charge in [0.25, 0.3) is 0 Å². The number of halogens is 2. The van der Waals surface area contributed by atoms with E-state index in [1.807, 2.05) is 0 Å². The summed E-state index contributed by atoms with van der Waals surface area (Å²) >= 11 is 9.54. The van der Waals surface area contributed by atoms with Crippen molar-refractivity contribution in [2.75, 3.05) is 7.11 Å². The summed E-state index contributed by atoms with van der Waals surface area (Å²) in [6.45, 7) is 4.15. The van der Waals surface area contributed by atoms with Crippen molar-refractivity contribution >= 4 is 39.2 Å². The molecule has 1 aliphatic carbocycles. The summed E-state index contributed by atoms with van der Waals surface area (Å²) in [5.74, 6) is 0.382. The fraction of sp³-hybridized carbons (Fsp3) is 0.333. The van der Waals surface area contributed by atoms with Crippen molar-refractivity contribution in [2.24, 2.45) is 16.6 Å². The van der Waals surface area contributed by atoms with E-state index in [0.717, 1.165) is 17.3 Å². The number of hydrogen-bond acceptors (Lipinski definition) is 6.